The number of urea groups is 1. The zero-order valence-corrected chi connectivity index (χ0v) is 11.9. The third kappa shape index (κ3) is 3.61. The van der Waals surface area contributed by atoms with Gasteiger partial charge in [-0.1, -0.05) is 12.8 Å². The van der Waals surface area contributed by atoms with Crippen LogP contribution in [0.2, 0.25) is 0 Å². The number of likely N-dealkylation sites (tertiary alicyclic amines) is 2. The summed E-state index contributed by atoms with van der Waals surface area (Å²) in [6.07, 6.45) is 6.13. The van der Waals surface area contributed by atoms with E-state index in [-0.39, 0.29) is 6.03 Å². The Morgan fingerprint density at radius 3 is 2.39 bits per heavy atom. The van der Waals surface area contributed by atoms with E-state index in [0.29, 0.717) is 5.92 Å². The van der Waals surface area contributed by atoms with Crippen molar-refractivity contribution in [2.24, 2.45) is 5.92 Å². The maximum Gasteiger partial charge on any atom is 0.319 e. The van der Waals surface area contributed by atoms with Crippen molar-refractivity contribution < 1.29 is 4.79 Å². The minimum absolute atomic E-state index is 0.242. The molecule has 0 N–H and O–H groups in total. The molecule has 0 spiro atoms. The van der Waals surface area contributed by atoms with Crippen molar-refractivity contribution in [3.05, 3.63) is 0 Å². The maximum atomic E-state index is 12.4. The molecule has 2 amide bonds. The summed E-state index contributed by atoms with van der Waals surface area (Å²) < 4.78 is 0. The smallest absolute Gasteiger partial charge is 0.319 e. The summed E-state index contributed by atoms with van der Waals surface area (Å²) in [7, 11) is 4.13. The summed E-state index contributed by atoms with van der Waals surface area (Å²) >= 11 is 0. The molecule has 0 aromatic rings. The Morgan fingerprint density at radius 1 is 1.17 bits per heavy atom. The van der Waals surface area contributed by atoms with Crippen LogP contribution in [0.3, 0.4) is 0 Å². The van der Waals surface area contributed by atoms with Crippen LogP contribution in [0.25, 0.3) is 0 Å². The van der Waals surface area contributed by atoms with Gasteiger partial charge in [-0.15, -0.1) is 0 Å². The summed E-state index contributed by atoms with van der Waals surface area (Å²) in [5.74, 6) is 0.663. The summed E-state index contributed by atoms with van der Waals surface area (Å²) in [6.45, 7) is 5.13. The molecule has 2 heterocycles. The second-order valence-electron chi connectivity index (χ2n) is 5.98. The Morgan fingerprint density at radius 2 is 1.83 bits per heavy atom. The Labute approximate surface area is 111 Å². The average Bonchev–Trinajstić information content (AvgIpc) is 2.62. The second-order valence-corrected chi connectivity index (χ2v) is 5.98. The Bertz CT molecular complexity index is 274. The summed E-state index contributed by atoms with van der Waals surface area (Å²) in [4.78, 5) is 18.7. The number of nitrogens with zero attached hydrogens (tertiary/aromatic N) is 3. The Balaban J connectivity index is 1.80. The molecule has 104 valence electrons. The van der Waals surface area contributed by atoms with Crippen molar-refractivity contribution in [2.75, 3.05) is 46.8 Å². The average molecular weight is 253 g/mol. The maximum absolute atomic E-state index is 12.4. The molecule has 0 bridgehead atoms. The first-order chi connectivity index (χ1) is 8.66. The summed E-state index contributed by atoms with van der Waals surface area (Å²) in [5.41, 5.74) is 0. The molecule has 0 radical (unpaired) electrons. The normalized spacial score (nSPS) is 26.1. The molecular formula is C14H27N3O. The van der Waals surface area contributed by atoms with E-state index < -0.39 is 0 Å². The van der Waals surface area contributed by atoms with Gasteiger partial charge in [0.15, 0.2) is 0 Å². The molecule has 2 rings (SSSR count). The molecule has 2 aliphatic heterocycles. The number of carbonyl (C=O) groups excluding carboxylic acids is 1. The number of rotatable bonds is 2. The van der Waals surface area contributed by atoms with E-state index in [0.717, 1.165) is 26.2 Å². The predicted octanol–water partition coefficient (Wildman–Crippen LogP) is 1.87. The first-order valence-electron chi connectivity index (χ1n) is 7.35. The number of hydrogen-bond donors (Lipinski definition) is 0. The van der Waals surface area contributed by atoms with Crippen molar-refractivity contribution >= 4 is 6.03 Å². The van der Waals surface area contributed by atoms with Crippen molar-refractivity contribution in [1.82, 2.24) is 14.7 Å². The topological polar surface area (TPSA) is 26.8 Å². The van der Waals surface area contributed by atoms with E-state index >= 15 is 0 Å². The highest BCUT2D eigenvalue weighted by molar-refractivity contribution is 5.74. The van der Waals surface area contributed by atoms with Gasteiger partial charge in [-0.25, -0.2) is 4.79 Å². The molecule has 1 atom stereocenters. The van der Waals surface area contributed by atoms with Crippen molar-refractivity contribution in [3.63, 3.8) is 0 Å². The highest BCUT2D eigenvalue weighted by Gasteiger charge is 2.25. The minimum Gasteiger partial charge on any atom is -0.327 e. The number of carbonyl (C=O) groups is 1. The van der Waals surface area contributed by atoms with Crippen LogP contribution in [0, 0.1) is 5.92 Å². The number of hydrogen-bond acceptors (Lipinski definition) is 2. The Hall–Kier alpha value is -0.770. The molecule has 1 unspecified atom stereocenters. The minimum atomic E-state index is 0.242. The second kappa shape index (κ2) is 6.41. The van der Waals surface area contributed by atoms with E-state index in [2.05, 4.69) is 11.9 Å². The fraction of sp³-hybridized carbons (Fsp3) is 0.929. The molecule has 2 saturated heterocycles. The Kier molecular flexibility index (Phi) is 4.87. The van der Waals surface area contributed by atoms with Gasteiger partial charge < -0.3 is 14.7 Å². The van der Waals surface area contributed by atoms with Gasteiger partial charge in [0.2, 0.25) is 0 Å². The molecule has 0 saturated carbocycles. The molecule has 2 fully saturated rings. The van der Waals surface area contributed by atoms with Crippen molar-refractivity contribution in [2.45, 2.75) is 32.1 Å². The van der Waals surface area contributed by atoms with Crippen molar-refractivity contribution in [1.29, 1.82) is 0 Å². The monoisotopic (exact) mass is 253 g/mol. The van der Waals surface area contributed by atoms with Crippen LogP contribution in [0.5, 0.6) is 0 Å². The lowest BCUT2D eigenvalue weighted by molar-refractivity contribution is 0.158. The first-order valence-corrected chi connectivity index (χ1v) is 7.35. The van der Waals surface area contributed by atoms with Gasteiger partial charge >= 0.3 is 6.03 Å². The lowest BCUT2D eigenvalue weighted by Crippen LogP contribution is -2.43. The standard InChI is InChI=1S/C14H27N3O/c1-15-10-7-13(11-15)12-16(2)14(18)17-8-5-3-4-6-9-17/h13H,3-12H2,1-2H3. The highest BCUT2D eigenvalue weighted by atomic mass is 16.2. The lowest BCUT2D eigenvalue weighted by Gasteiger charge is -2.28. The van der Waals surface area contributed by atoms with Crippen LogP contribution in [0.15, 0.2) is 0 Å². The van der Waals surface area contributed by atoms with Gasteiger partial charge in [-0.05, 0) is 38.8 Å². The molecule has 0 aliphatic carbocycles. The third-order valence-electron chi connectivity index (χ3n) is 4.22. The predicted molar refractivity (Wildman–Crippen MR) is 73.7 cm³/mol. The van der Waals surface area contributed by atoms with E-state index in [9.17, 15) is 4.79 Å². The van der Waals surface area contributed by atoms with Gasteiger partial charge in [0, 0.05) is 33.2 Å². The van der Waals surface area contributed by atoms with E-state index in [1.807, 2.05) is 16.8 Å². The fourth-order valence-electron chi connectivity index (χ4n) is 3.14. The molecule has 18 heavy (non-hydrogen) atoms. The van der Waals surface area contributed by atoms with Gasteiger partial charge in [-0.3, -0.25) is 0 Å². The largest absolute Gasteiger partial charge is 0.327 e. The van der Waals surface area contributed by atoms with Crippen LogP contribution in [-0.4, -0.2) is 67.5 Å². The molecule has 0 aromatic heterocycles. The highest BCUT2D eigenvalue weighted by Crippen LogP contribution is 2.17. The van der Waals surface area contributed by atoms with Crippen LogP contribution < -0.4 is 0 Å². The van der Waals surface area contributed by atoms with E-state index in [1.54, 1.807) is 0 Å². The summed E-state index contributed by atoms with van der Waals surface area (Å²) in [6, 6.07) is 0.242. The van der Waals surface area contributed by atoms with Gasteiger partial charge in [0.25, 0.3) is 0 Å². The molecule has 4 nitrogen and oxygen atoms in total. The first kappa shape index (κ1) is 13.7. The molecule has 2 aliphatic rings. The van der Waals surface area contributed by atoms with Gasteiger partial charge in [0.05, 0.1) is 0 Å². The zero-order chi connectivity index (χ0) is 13.0. The van der Waals surface area contributed by atoms with E-state index in [1.165, 1.54) is 38.6 Å². The number of amides is 2. The SMILES string of the molecule is CN1CCC(CN(C)C(=O)N2CCCCCC2)C1. The van der Waals surface area contributed by atoms with Gasteiger partial charge in [-0.2, -0.15) is 0 Å². The summed E-state index contributed by atoms with van der Waals surface area (Å²) in [5, 5.41) is 0. The van der Waals surface area contributed by atoms with E-state index in [4.69, 9.17) is 0 Å². The van der Waals surface area contributed by atoms with Gasteiger partial charge in [0.1, 0.15) is 0 Å². The van der Waals surface area contributed by atoms with Crippen LogP contribution in [-0.2, 0) is 0 Å². The zero-order valence-electron chi connectivity index (χ0n) is 11.9. The molecule has 4 heteroatoms. The molecular weight excluding hydrogens is 226 g/mol. The quantitative estimate of drug-likeness (QED) is 0.751. The fourth-order valence-corrected chi connectivity index (χ4v) is 3.14. The van der Waals surface area contributed by atoms with Crippen LogP contribution in [0.4, 0.5) is 4.79 Å². The van der Waals surface area contributed by atoms with Crippen molar-refractivity contribution in [3.8, 4) is 0 Å². The van der Waals surface area contributed by atoms with Crippen LogP contribution >= 0.6 is 0 Å². The lowest BCUT2D eigenvalue weighted by atomic mass is 10.1. The van der Waals surface area contributed by atoms with Crippen LogP contribution in [0.1, 0.15) is 32.1 Å². The molecule has 0 aromatic carbocycles. The third-order valence-corrected chi connectivity index (χ3v) is 4.22.